The first-order valence-corrected chi connectivity index (χ1v) is 4.37. The SMILES string of the molecule is [CH2]CC(CC)NCCCC. The van der Waals surface area contributed by atoms with E-state index in [1.807, 2.05) is 0 Å². The van der Waals surface area contributed by atoms with E-state index >= 15 is 0 Å². The van der Waals surface area contributed by atoms with Crippen LogP contribution in [0.1, 0.15) is 39.5 Å². The summed E-state index contributed by atoms with van der Waals surface area (Å²) in [6, 6.07) is 0.645. The lowest BCUT2D eigenvalue weighted by Crippen LogP contribution is -2.28. The van der Waals surface area contributed by atoms with Crippen LogP contribution in [0.3, 0.4) is 0 Å². The summed E-state index contributed by atoms with van der Waals surface area (Å²) in [6.07, 6.45) is 4.78. The molecule has 0 rings (SSSR count). The highest BCUT2D eigenvalue weighted by Crippen LogP contribution is 1.95. The normalized spacial score (nSPS) is 10.8. The topological polar surface area (TPSA) is 12.0 Å². The van der Waals surface area contributed by atoms with Crippen LogP contribution in [0.15, 0.2) is 0 Å². The molecular weight excluding hydrogens is 122 g/mol. The Labute approximate surface area is 65.2 Å². The minimum atomic E-state index is 0.645. The molecule has 0 fully saturated rings. The molecule has 1 atom stereocenters. The Morgan fingerprint density at radius 1 is 1.40 bits per heavy atom. The van der Waals surface area contributed by atoms with Crippen molar-refractivity contribution in [2.24, 2.45) is 0 Å². The molecule has 0 aromatic heterocycles. The zero-order valence-corrected chi connectivity index (χ0v) is 7.32. The molecule has 0 bridgehead atoms. The van der Waals surface area contributed by atoms with Crippen LogP contribution in [-0.2, 0) is 0 Å². The number of hydrogen-bond donors (Lipinski definition) is 1. The van der Waals surface area contributed by atoms with Gasteiger partial charge in [0.2, 0.25) is 0 Å². The summed E-state index contributed by atoms with van der Waals surface area (Å²) in [5, 5.41) is 3.46. The zero-order valence-electron chi connectivity index (χ0n) is 7.32. The van der Waals surface area contributed by atoms with E-state index < -0.39 is 0 Å². The molecule has 1 N–H and O–H groups in total. The highest BCUT2D eigenvalue weighted by atomic mass is 14.9. The Hall–Kier alpha value is -0.0400. The number of nitrogens with one attached hydrogen (secondary N) is 1. The van der Waals surface area contributed by atoms with E-state index in [0.717, 1.165) is 13.0 Å². The summed E-state index contributed by atoms with van der Waals surface area (Å²) < 4.78 is 0. The minimum Gasteiger partial charge on any atom is -0.314 e. The van der Waals surface area contributed by atoms with Crippen molar-refractivity contribution in [3.63, 3.8) is 0 Å². The van der Waals surface area contributed by atoms with Gasteiger partial charge in [0.05, 0.1) is 0 Å². The van der Waals surface area contributed by atoms with E-state index in [1.165, 1.54) is 19.3 Å². The molecular formula is C9H20N. The van der Waals surface area contributed by atoms with Gasteiger partial charge in [-0.2, -0.15) is 0 Å². The molecule has 0 aliphatic carbocycles. The van der Waals surface area contributed by atoms with Gasteiger partial charge in [-0.15, -0.1) is 0 Å². The predicted octanol–water partition coefficient (Wildman–Crippen LogP) is 2.38. The monoisotopic (exact) mass is 142 g/mol. The van der Waals surface area contributed by atoms with Crippen molar-refractivity contribution in [1.29, 1.82) is 0 Å². The van der Waals surface area contributed by atoms with E-state index in [1.54, 1.807) is 0 Å². The maximum Gasteiger partial charge on any atom is 0.00644 e. The molecule has 0 heterocycles. The van der Waals surface area contributed by atoms with Crippen molar-refractivity contribution in [3.05, 3.63) is 6.92 Å². The third kappa shape index (κ3) is 4.80. The molecule has 0 aliphatic rings. The quantitative estimate of drug-likeness (QED) is 0.561. The molecule has 1 unspecified atom stereocenters. The molecule has 0 aromatic rings. The molecule has 0 saturated carbocycles. The van der Waals surface area contributed by atoms with E-state index in [2.05, 4.69) is 26.1 Å². The van der Waals surface area contributed by atoms with Crippen molar-refractivity contribution < 1.29 is 0 Å². The predicted molar refractivity (Wildman–Crippen MR) is 47.0 cm³/mol. The summed E-state index contributed by atoms with van der Waals surface area (Å²) in [5.41, 5.74) is 0. The second-order valence-electron chi connectivity index (χ2n) is 2.70. The van der Waals surface area contributed by atoms with Gasteiger partial charge in [0.1, 0.15) is 0 Å². The summed E-state index contributed by atoms with van der Waals surface area (Å²) in [6.45, 7) is 9.45. The van der Waals surface area contributed by atoms with E-state index in [4.69, 9.17) is 0 Å². The largest absolute Gasteiger partial charge is 0.314 e. The first-order valence-electron chi connectivity index (χ1n) is 4.37. The van der Waals surface area contributed by atoms with Crippen LogP contribution in [-0.4, -0.2) is 12.6 Å². The van der Waals surface area contributed by atoms with Gasteiger partial charge in [0, 0.05) is 6.04 Å². The molecule has 1 nitrogen and oxygen atoms in total. The zero-order chi connectivity index (χ0) is 7.82. The second-order valence-corrected chi connectivity index (χ2v) is 2.70. The van der Waals surface area contributed by atoms with Gasteiger partial charge < -0.3 is 5.32 Å². The van der Waals surface area contributed by atoms with Gasteiger partial charge >= 0.3 is 0 Å². The Morgan fingerprint density at radius 2 is 2.10 bits per heavy atom. The summed E-state index contributed by atoms with van der Waals surface area (Å²) in [7, 11) is 0. The Morgan fingerprint density at radius 3 is 2.50 bits per heavy atom. The Balaban J connectivity index is 3.09. The standard InChI is InChI=1S/C9H20N/c1-4-7-8-10-9(5-2)6-3/h9-10H,2,4-8H2,1,3H3. The van der Waals surface area contributed by atoms with Crippen LogP contribution in [0.25, 0.3) is 0 Å². The molecule has 0 spiro atoms. The first-order chi connectivity index (χ1) is 4.85. The second kappa shape index (κ2) is 7.07. The van der Waals surface area contributed by atoms with Gasteiger partial charge in [-0.1, -0.05) is 27.2 Å². The van der Waals surface area contributed by atoms with Crippen molar-refractivity contribution in [3.8, 4) is 0 Å². The van der Waals surface area contributed by atoms with Gasteiger partial charge in [0.25, 0.3) is 0 Å². The fraction of sp³-hybridized carbons (Fsp3) is 0.889. The summed E-state index contributed by atoms with van der Waals surface area (Å²) >= 11 is 0. The number of unbranched alkanes of at least 4 members (excludes halogenated alkanes) is 1. The Bertz CT molecular complexity index is 57.7. The molecule has 10 heavy (non-hydrogen) atoms. The van der Waals surface area contributed by atoms with Gasteiger partial charge in [-0.25, -0.2) is 0 Å². The fourth-order valence-corrected chi connectivity index (χ4v) is 0.933. The fourth-order valence-electron chi connectivity index (χ4n) is 0.933. The molecule has 1 heteroatoms. The molecule has 1 radical (unpaired) electrons. The van der Waals surface area contributed by atoms with E-state index in [9.17, 15) is 0 Å². The van der Waals surface area contributed by atoms with Crippen molar-refractivity contribution in [1.82, 2.24) is 5.32 Å². The lowest BCUT2D eigenvalue weighted by Gasteiger charge is -2.13. The van der Waals surface area contributed by atoms with E-state index in [0.29, 0.717) is 6.04 Å². The number of hydrogen-bond acceptors (Lipinski definition) is 1. The van der Waals surface area contributed by atoms with Crippen LogP contribution in [0, 0.1) is 6.92 Å². The van der Waals surface area contributed by atoms with Gasteiger partial charge in [-0.3, -0.25) is 0 Å². The van der Waals surface area contributed by atoms with Crippen molar-refractivity contribution >= 4 is 0 Å². The molecule has 0 saturated heterocycles. The van der Waals surface area contributed by atoms with Crippen molar-refractivity contribution in [2.45, 2.75) is 45.6 Å². The molecule has 0 aliphatic heterocycles. The number of rotatable bonds is 6. The first kappa shape index (κ1) is 9.96. The summed E-state index contributed by atoms with van der Waals surface area (Å²) in [5.74, 6) is 0. The smallest absolute Gasteiger partial charge is 0.00644 e. The van der Waals surface area contributed by atoms with Crippen LogP contribution in [0.2, 0.25) is 0 Å². The van der Waals surface area contributed by atoms with Crippen LogP contribution in [0.4, 0.5) is 0 Å². The van der Waals surface area contributed by atoms with Crippen molar-refractivity contribution in [2.75, 3.05) is 6.54 Å². The van der Waals surface area contributed by atoms with Crippen LogP contribution < -0.4 is 5.32 Å². The van der Waals surface area contributed by atoms with Crippen LogP contribution >= 0.6 is 0 Å². The van der Waals surface area contributed by atoms with Gasteiger partial charge in [-0.05, 0) is 25.8 Å². The third-order valence-electron chi connectivity index (χ3n) is 1.80. The minimum absolute atomic E-state index is 0.645. The third-order valence-corrected chi connectivity index (χ3v) is 1.80. The average molecular weight is 142 g/mol. The Kier molecular flexibility index (Phi) is 7.04. The molecule has 0 amide bonds. The maximum atomic E-state index is 3.87. The van der Waals surface area contributed by atoms with Crippen LogP contribution in [0.5, 0.6) is 0 Å². The average Bonchev–Trinajstić information content (AvgIpc) is 1.99. The lowest BCUT2D eigenvalue weighted by atomic mass is 10.1. The molecule has 0 aromatic carbocycles. The highest BCUT2D eigenvalue weighted by Gasteiger charge is 1.99. The lowest BCUT2D eigenvalue weighted by molar-refractivity contribution is 0.491. The van der Waals surface area contributed by atoms with Gasteiger partial charge in [0.15, 0.2) is 0 Å². The molecule has 61 valence electrons. The maximum absolute atomic E-state index is 3.87. The summed E-state index contributed by atoms with van der Waals surface area (Å²) in [4.78, 5) is 0. The highest BCUT2D eigenvalue weighted by molar-refractivity contribution is 4.64. The van der Waals surface area contributed by atoms with E-state index in [-0.39, 0.29) is 0 Å².